The van der Waals surface area contributed by atoms with E-state index in [1.54, 1.807) is 35.2 Å². The summed E-state index contributed by atoms with van der Waals surface area (Å²) in [4.78, 5) is 0.304. The van der Waals surface area contributed by atoms with Crippen molar-refractivity contribution in [2.24, 2.45) is 0 Å². The van der Waals surface area contributed by atoms with Crippen LogP contribution in [0, 0.1) is 13.8 Å². The molecule has 2 aromatic carbocycles. The van der Waals surface area contributed by atoms with Crippen molar-refractivity contribution < 1.29 is 14.8 Å². The van der Waals surface area contributed by atoms with Gasteiger partial charge in [-0.1, -0.05) is 64.0 Å². The molecule has 0 saturated carbocycles. The molecule has 0 atom stereocenters. The molecule has 0 fully saturated rings. The number of aliphatic hydroxyl groups is 1. The Kier molecular flexibility index (Phi) is 6.79. The van der Waals surface area contributed by atoms with Crippen molar-refractivity contribution in [1.29, 1.82) is 0 Å². The van der Waals surface area contributed by atoms with Crippen molar-refractivity contribution in [2.45, 2.75) is 20.5 Å². The first-order chi connectivity index (χ1) is 13.9. The number of nitrogens with zero attached hydrogens (tertiary/aromatic N) is 1. The van der Waals surface area contributed by atoms with E-state index in [-0.39, 0.29) is 12.4 Å². The maximum Gasteiger partial charge on any atom is 0.238 e. The summed E-state index contributed by atoms with van der Waals surface area (Å²) in [6.45, 7) is 3.89. The number of benzene rings is 2. The number of hydrogen-bond acceptors (Lipinski definition) is 3. The van der Waals surface area contributed by atoms with Gasteiger partial charge < -0.3 is 15.5 Å². The van der Waals surface area contributed by atoms with Crippen molar-refractivity contribution in [1.82, 2.24) is 0 Å². The summed E-state index contributed by atoms with van der Waals surface area (Å²) in [5, 5.41) is 26.2. The first-order valence-electron chi connectivity index (χ1n) is 9.07. The summed E-state index contributed by atoms with van der Waals surface area (Å²) in [6, 6.07) is 16.8. The Morgan fingerprint density at radius 2 is 1.90 bits per heavy atom. The molecule has 0 amide bonds. The monoisotopic (exact) mass is 468 g/mol. The van der Waals surface area contributed by atoms with E-state index in [1.165, 1.54) is 0 Å². The van der Waals surface area contributed by atoms with Crippen LogP contribution in [-0.2, 0) is 6.61 Å². The van der Waals surface area contributed by atoms with Gasteiger partial charge in [-0.3, -0.25) is 0 Å². The van der Waals surface area contributed by atoms with E-state index in [9.17, 15) is 10.2 Å². The number of nitrogens with one attached hydrogen (secondary N) is 1. The predicted molar refractivity (Wildman–Crippen MR) is 122 cm³/mol. The lowest BCUT2D eigenvalue weighted by Gasteiger charge is -2.19. The molecule has 0 radical (unpaired) electrons. The quantitative estimate of drug-likeness (QED) is 0.257. The fourth-order valence-corrected chi connectivity index (χ4v) is 3.78. The van der Waals surface area contributed by atoms with Gasteiger partial charge in [-0.2, -0.15) is 4.57 Å². The number of thiocarbonyl (C=S) groups is 1. The van der Waals surface area contributed by atoms with E-state index in [0.29, 0.717) is 26.3 Å². The van der Waals surface area contributed by atoms with Gasteiger partial charge in [0.15, 0.2) is 17.4 Å². The summed E-state index contributed by atoms with van der Waals surface area (Å²) < 4.78 is 2.35. The minimum absolute atomic E-state index is 0.130. The lowest BCUT2D eigenvalue weighted by Crippen LogP contribution is -2.40. The molecule has 3 rings (SSSR count). The van der Waals surface area contributed by atoms with Crippen LogP contribution < -0.4 is 15.0 Å². The van der Waals surface area contributed by atoms with Crippen LogP contribution in [0.1, 0.15) is 22.3 Å². The number of aliphatic hydroxyl groups excluding tert-OH is 1. The Morgan fingerprint density at radius 1 is 1.14 bits per heavy atom. The average Bonchev–Trinajstić information content (AvgIpc) is 2.70. The highest BCUT2D eigenvalue weighted by molar-refractivity contribution is 9.10. The van der Waals surface area contributed by atoms with Crippen molar-refractivity contribution >= 4 is 50.3 Å². The van der Waals surface area contributed by atoms with Gasteiger partial charge in [0.2, 0.25) is 5.70 Å². The largest absolute Gasteiger partial charge is 0.867 e. The zero-order chi connectivity index (χ0) is 21.0. The Hall–Kier alpha value is -2.54. The summed E-state index contributed by atoms with van der Waals surface area (Å²) in [5.41, 5.74) is 4.53. The lowest BCUT2D eigenvalue weighted by molar-refractivity contribution is -0.578. The molecule has 0 saturated heterocycles. The van der Waals surface area contributed by atoms with Gasteiger partial charge >= 0.3 is 0 Å². The van der Waals surface area contributed by atoms with Gasteiger partial charge in [-0.25, -0.2) is 0 Å². The first kappa shape index (κ1) is 21.2. The SMILES string of the molecule is Cc1ccc(NC(=S)/C(=C(\[O-])c2ccccc2Br)[n+]2cccc(CO)c2)c(C)c1. The van der Waals surface area contributed by atoms with Crippen molar-refractivity contribution in [3.63, 3.8) is 0 Å². The van der Waals surface area contributed by atoms with Crippen LogP contribution in [0.3, 0.4) is 0 Å². The molecule has 0 unspecified atom stereocenters. The molecule has 0 spiro atoms. The third-order valence-corrected chi connectivity index (χ3v) is 5.47. The molecule has 6 heteroatoms. The molecule has 0 aliphatic heterocycles. The molecule has 0 bridgehead atoms. The predicted octanol–water partition coefficient (Wildman–Crippen LogP) is 3.97. The number of anilines is 1. The highest BCUT2D eigenvalue weighted by Gasteiger charge is 2.20. The smallest absolute Gasteiger partial charge is 0.238 e. The van der Waals surface area contributed by atoms with Crippen molar-refractivity contribution in [3.8, 4) is 0 Å². The van der Waals surface area contributed by atoms with E-state index in [1.807, 2.05) is 44.2 Å². The third-order valence-electron chi connectivity index (χ3n) is 4.48. The molecule has 148 valence electrons. The van der Waals surface area contributed by atoms with E-state index in [2.05, 4.69) is 27.3 Å². The fraction of sp³-hybridized carbons (Fsp3) is 0.130. The summed E-state index contributed by atoms with van der Waals surface area (Å²) in [6.07, 6.45) is 3.46. The van der Waals surface area contributed by atoms with Crippen LogP contribution >= 0.6 is 28.1 Å². The van der Waals surface area contributed by atoms with Gasteiger partial charge in [0.05, 0.1) is 6.61 Å². The summed E-state index contributed by atoms with van der Waals surface area (Å²) >= 11 is 9.12. The molecule has 29 heavy (non-hydrogen) atoms. The summed E-state index contributed by atoms with van der Waals surface area (Å²) in [7, 11) is 0. The second-order valence-electron chi connectivity index (χ2n) is 6.71. The molecule has 0 aliphatic carbocycles. The summed E-state index contributed by atoms with van der Waals surface area (Å²) in [5.74, 6) is -0.222. The molecule has 4 nitrogen and oxygen atoms in total. The zero-order valence-corrected chi connectivity index (χ0v) is 18.5. The van der Waals surface area contributed by atoms with E-state index in [0.717, 1.165) is 16.8 Å². The topological polar surface area (TPSA) is 59.2 Å². The van der Waals surface area contributed by atoms with Crippen molar-refractivity contribution in [2.75, 3.05) is 5.32 Å². The van der Waals surface area contributed by atoms with Crippen LogP contribution in [-0.4, -0.2) is 10.1 Å². The molecule has 1 heterocycles. The molecule has 3 aromatic rings. The van der Waals surface area contributed by atoms with E-state index >= 15 is 0 Å². The average molecular weight is 469 g/mol. The maximum atomic E-state index is 13.5. The van der Waals surface area contributed by atoms with Gasteiger partial charge in [0.25, 0.3) is 0 Å². The van der Waals surface area contributed by atoms with Gasteiger partial charge in [0.1, 0.15) is 0 Å². The highest BCUT2D eigenvalue weighted by Crippen LogP contribution is 2.25. The minimum atomic E-state index is -0.222. The van der Waals surface area contributed by atoms with Crippen LogP contribution in [0.15, 0.2) is 71.5 Å². The number of rotatable bonds is 5. The van der Waals surface area contributed by atoms with Gasteiger partial charge in [0, 0.05) is 21.8 Å². The van der Waals surface area contributed by atoms with Gasteiger partial charge in [-0.05, 0) is 48.9 Å². The molecule has 0 aliphatic rings. The first-order valence-corrected chi connectivity index (χ1v) is 10.3. The normalized spacial score (nSPS) is 11.7. The minimum Gasteiger partial charge on any atom is -0.867 e. The second-order valence-corrected chi connectivity index (χ2v) is 7.97. The number of aromatic nitrogens is 1. The number of halogens is 1. The van der Waals surface area contributed by atoms with E-state index in [4.69, 9.17) is 12.2 Å². The maximum absolute atomic E-state index is 13.5. The number of hydrogen-bond donors (Lipinski definition) is 2. The Bertz CT molecular complexity index is 1100. The van der Waals surface area contributed by atoms with Crippen molar-refractivity contribution in [3.05, 3.63) is 93.7 Å². The molecular weight excluding hydrogens is 448 g/mol. The molecular formula is C23H21BrN2O2S. The number of aryl methyl sites for hydroxylation is 2. The fourth-order valence-electron chi connectivity index (χ4n) is 3.00. The Morgan fingerprint density at radius 3 is 2.59 bits per heavy atom. The van der Waals surface area contributed by atoms with Crippen LogP contribution in [0.5, 0.6) is 0 Å². The lowest BCUT2D eigenvalue weighted by atomic mass is 10.1. The van der Waals surface area contributed by atoms with Crippen LogP contribution in [0.2, 0.25) is 0 Å². The highest BCUT2D eigenvalue weighted by atomic mass is 79.9. The second kappa shape index (κ2) is 9.31. The number of pyridine rings is 1. The Labute approximate surface area is 184 Å². The Balaban J connectivity index is 2.13. The van der Waals surface area contributed by atoms with E-state index < -0.39 is 0 Å². The van der Waals surface area contributed by atoms with Gasteiger partial charge in [-0.15, -0.1) is 0 Å². The zero-order valence-electron chi connectivity index (χ0n) is 16.1. The molecule has 2 N–H and O–H groups in total. The van der Waals surface area contributed by atoms with Crippen LogP contribution in [0.4, 0.5) is 5.69 Å². The standard InChI is InChI=1S/C23H21BrN2O2S/c1-15-9-10-20(16(2)12-15)25-23(29)21(26-11-5-6-17(13-26)14-27)22(28)18-7-3-4-8-19(18)24/h3-13,27H,14H2,1-2H3,(H-,25,28,29). The molecule has 1 aromatic heterocycles. The third kappa shape index (κ3) is 4.90. The van der Waals surface area contributed by atoms with Crippen LogP contribution in [0.25, 0.3) is 11.5 Å².